The molecule has 146 valence electrons. The molecule has 6 nitrogen and oxygen atoms in total. The fourth-order valence-corrected chi connectivity index (χ4v) is 3.31. The lowest BCUT2D eigenvalue weighted by atomic mass is 10.3. The first-order valence-electron chi connectivity index (χ1n) is 8.58. The van der Waals surface area contributed by atoms with Gasteiger partial charge in [-0.15, -0.1) is 0 Å². The first kappa shape index (κ1) is 20.9. The molecule has 1 N–H and O–H groups in total. The van der Waals surface area contributed by atoms with Gasteiger partial charge in [0.2, 0.25) is 10.0 Å². The van der Waals surface area contributed by atoms with Crippen molar-refractivity contribution in [3.63, 3.8) is 0 Å². The number of unbranched alkanes of at least 4 members (excludes halogenated alkanes) is 1. The number of benzene rings is 2. The van der Waals surface area contributed by atoms with Crippen molar-refractivity contribution in [1.29, 1.82) is 0 Å². The smallest absolute Gasteiger partial charge is 0.264 e. The molecule has 8 heteroatoms. The summed E-state index contributed by atoms with van der Waals surface area (Å²) in [6, 6.07) is 11.4. The zero-order chi connectivity index (χ0) is 19.9. The number of sulfonamides is 1. The molecular formula is C19H23FN2O4S. The average molecular weight is 394 g/mol. The van der Waals surface area contributed by atoms with Crippen LogP contribution in [0.25, 0.3) is 0 Å². The Balaban J connectivity index is 1.92. The highest BCUT2D eigenvalue weighted by Gasteiger charge is 2.14. The standard InChI is InChI=1S/C19H23FN2O4S/c1-3-4-13-21-27(24,25)18-11-9-17(10-12-18)26-14-19(23)22(2)16-7-5-15(20)6-8-16/h5-12,21H,3-4,13-14H2,1-2H3. The first-order valence-corrected chi connectivity index (χ1v) is 10.1. The molecule has 0 atom stereocenters. The van der Waals surface area contributed by atoms with Gasteiger partial charge in [0.05, 0.1) is 4.90 Å². The lowest BCUT2D eigenvalue weighted by Gasteiger charge is -2.17. The van der Waals surface area contributed by atoms with Crippen LogP contribution in [0.5, 0.6) is 5.75 Å². The van der Waals surface area contributed by atoms with Gasteiger partial charge >= 0.3 is 0 Å². The van der Waals surface area contributed by atoms with E-state index in [0.29, 0.717) is 18.0 Å². The van der Waals surface area contributed by atoms with Gasteiger partial charge in [-0.05, 0) is 55.0 Å². The fourth-order valence-electron chi connectivity index (χ4n) is 2.23. The molecule has 0 heterocycles. The van der Waals surface area contributed by atoms with E-state index in [4.69, 9.17) is 4.74 Å². The maximum absolute atomic E-state index is 12.9. The zero-order valence-electron chi connectivity index (χ0n) is 15.3. The zero-order valence-corrected chi connectivity index (χ0v) is 16.1. The third-order valence-electron chi connectivity index (χ3n) is 3.91. The molecule has 0 unspecified atom stereocenters. The minimum absolute atomic E-state index is 0.140. The molecule has 2 rings (SSSR count). The largest absolute Gasteiger partial charge is 0.484 e. The molecule has 27 heavy (non-hydrogen) atoms. The second kappa shape index (κ2) is 9.48. The number of amides is 1. The van der Waals surface area contributed by atoms with Crippen molar-refractivity contribution < 1.29 is 22.3 Å². The Bertz CT molecular complexity index is 852. The normalized spacial score (nSPS) is 11.2. The molecule has 0 saturated heterocycles. The van der Waals surface area contributed by atoms with E-state index >= 15 is 0 Å². The van der Waals surface area contributed by atoms with Gasteiger partial charge in [-0.3, -0.25) is 4.79 Å². The summed E-state index contributed by atoms with van der Waals surface area (Å²) in [6.07, 6.45) is 1.67. The van der Waals surface area contributed by atoms with E-state index in [1.807, 2.05) is 6.92 Å². The van der Waals surface area contributed by atoms with Crippen molar-refractivity contribution in [3.05, 3.63) is 54.3 Å². The van der Waals surface area contributed by atoms with Crippen LogP contribution in [-0.2, 0) is 14.8 Å². The van der Waals surface area contributed by atoms with E-state index in [0.717, 1.165) is 12.8 Å². The number of carbonyl (C=O) groups excluding carboxylic acids is 1. The van der Waals surface area contributed by atoms with Crippen LogP contribution in [0.4, 0.5) is 10.1 Å². The number of nitrogens with one attached hydrogen (secondary N) is 1. The summed E-state index contributed by atoms with van der Waals surface area (Å²) >= 11 is 0. The number of anilines is 1. The van der Waals surface area contributed by atoms with Crippen molar-refractivity contribution in [2.24, 2.45) is 0 Å². The summed E-state index contributed by atoms with van der Waals surface area (Å²) in [4.78, 5) is 13.7. The highest BCUT2D eigenvalue weighted by molar-refractivity contribution is 7.89. The molecule has 0 bridgehead atoms. The Labute approximate surface area is 159 Å². The van der Waals surface area contributed by atoms with Crippen LogP contribution in [0, 0.1) is 5.82 Å². The number of halogens is 1. The Kier molecular flexibility index (Phi) is 7.32. The van der Waals surface area contributed by atoms with Crippen molar-refractivity contribution in [2.75, 3.05) is 25.1 Å². The monoisotopic (exact) mass is 394 g/mol. The Morgan fingerprint density at radius 1 is 1.11 bits per heavy atom. The predicted molar refractivity (Wildman–Crippen MR) is 102 cm³/mol. The van der Waals surface area contributed by atoms with Gasteiger partial charge in [0.1, 0.15) is 11.6 Å². The SMILES string of the molecule is CCCCNS(=O)(=O)c1ccc(OCC(=O)N(C)c2ccc(F)cc2)cc1. The number of hydrogen-bond acceptors (Lipinski definition) is 4. The summed E-state index contributed by atoms with van der Waals surface area (Å²) in [5.41, 5.74) is 0.546. The van der Waals surface area contributed by atoms with Crippen LogP contribution in [-0.4, -0.2) is 34.5 Å². The molecule has 2 aromatic rings. The number of nitrogens with zero attached hydrogens (tertiary/aromatic N) is 1. The van der Waals surface area contributed by atoms with Crippen molar-refractivity contribution in [2.45, 2.75) is 24.7 Å². The highest BCUT2D eigenvalue weighted by atomic mass is 32.2. The molecule has 1 amide bonds. The summed E-state index contributed by atoms with van der Waals surface area (Å²) in [7, 11) is -1.98. The lowest BCUT2D eigenvalue weighted by molar-refractivity contribution is -0.120. The second-order valence-corrected chi connectivity index (χ2v) is 7.71. The number of carbonyl (C=O) groups is 1. The summed E-state index contributed by atoms with van der Waals surface area (Å²) in [5, 5.41) is 0. The van der Waals surface area contributed by atoms with Crippen LogP contribution in [0.2, 0.25) is 0 Å². The van der Waals surface area contributed by atoms with Gasteiger partial charge in [0, 0.05) is 19.3 Å². The number of rotatable bonds is 9. The number of likely N-dealkylation sites (N-methyl/N-ethyl adjacent to an activating group) is 1. The van der Waals surface area contributed by atoms with Crippen LogP contribution < -0.4 is 14.4 Å². The van der Waals surface area contributed by atoms with Crippen LogP contribution in [0.15, 0.2) is 53.4 Å². The van der Waals surface area contributed by atoms with Gasteiger partial charge in [-0.2, -0.15) is 0 Å². The fraction of sp³-hybridized carbons (Fsp3) is 0.316. The Morgan fingerprint density at radius 2 is 1.74 bits per heavy atom. The quantitative estimate of drug-likeness (QED) is 0.664. The first-order chi connectivity index (χ1) is 12.8. The molecule has 0 saturated carbocycles. The Hall–Kier alpha value is -2.45. The molecule has 0 spiro atoms. The summed E-state index contributed by atoms with van der Waals surface area (Å²) in [6.45, 7) is 2.14. The lowest BCUT2D eigenvalue weighted by Crippen LogP contribution is -2.31. The average Bonchev–Trinajstić information content (AvgIpc) is 2.66. The van der Waals surface area contributed by atoms with Crippen LogP contribution in [0.3, 0.4) is 0 Å². The summed E-state index contributed by atoms with van der Waals surface area (Å²) in [5.74, 6) is -0.321. The maximum Gasteiger partial charge on any atom is 0.264 e. The highest BCUT2D eigenvalue weighted by Crippen LogP contribution is 2.17. The molecule has 0 aliphatic heterocycles. The number of ether oxygens (including phenoxy) is 1. The maximum atomic E-state index is 12.9. The molecule has 0 radical (unpaired) electrons. The molecule has 0 aliphatic carbocycles. The summed E-state index contributed by atoms with van der Waals surface area (Å²) < 4.78 is 45.1. The van der Waals surface area contributed by atoms with Crippen molar-refractivity contribution >= 4 is 21.6 Å². The van der Waals surface area contributed by atoms with E-state index in [1.54, 1.807) is 7.05 Å². The van der Waals surface area contributed by atoms with E-state index in [-0.39, 0.29) is 23.2 Å². The van der Waals surface area contributed by atoms with E-state index < -0.39 is 10.0 Å². The second-order valence-electron chi connectivity index (χ2n) is 5.94. The van der Waals surface area contributed by atoms with Gasteiger partial charge in [0.25, 0.3) is 5.91 Å². The van der Waals surface area contributed by atoms with E-state index in [1.165, 1.54) is 53.4 Å². The van der Waals surface area contributed by atoms with Crippen molar-refractivity contribution in [3.8, 4) is 5.75 Å². The van der Waals surface area contributed by atoms with Gasteiger partial charge in [0.15, 0.2) is 6.61 Å². The van der Waals surface area contributed by atoms with E-state index in [9.17, 15) is 17.6 Å². The Morgan fingerprint density at radius 3 is 2.33 bits per heavy atom. The van der Waals surface area contributed by atoms with E-state index in [2.05, 4.69) is 4.72 Å². The van der Waals surface area contributed by atoms with Crippen LogP contribution in [0.1, 0.15) is 19.8 Å². The minimum atomic E-state index is -3.54. The topological polar surface area (TPSA) is 75.7 Å². The van der Waals surface area contributed by atoms with Crippen LogP contribution >= 0.6 is 0 Å². The third-order valence-corrected chi connectivity index (χ3v) is 5.38. The molecular weight excluding hydrogens is 371 g/mol. The third kappa shape index (κ3) is 6.04. The molecule has 0 aliphatic rings. The van der Waals surface area contributed by atoms with Gasteiger partial charge in [-0.25, -0.2) is 17.5 Å². The van der Waals surface area contributed by atoms with Crippen molar-refractivity contribution in [1.82, 2.24) is 4.72 Å². The molecule has 0 fully saturated rings. The minimum Gasteiger partial charge on any atom is -0.484 e. The molecule has 0 aromatic heterocycles. The number of hydrogen-bond donors (Lipinski definition) is 1. The van der Waals surface area contributed by atoms with Gasteiger partial charge < -0.3 is 9.64 Å². The van der Waals surface area contributed by atoms with Gasteiger partial charge in [-0.1, -0.05) is 13.3 Å². The predicted octanol–water partition coefficient (Wildman–Crippen LogP) is 2.95. The molecule has 2 aromatic carbocycles.